The van der Waals surface area contributed by atoms with Crippen molar-refractivity contribution < 1.29 is 4.39 Å². The number of benzene rings is 1. The predicted molar refractivity (Wildman–Crippen MR) is 55.9 cm³/mol. The fraction of sp³-hybridized carbons (Fsp3) is 0.111. The highest BCUT2D eigenvalue weighted by molar-refractivity contribution is 9.11. The van der Waals surface area contributed by atoms with Gasteiger partial charge in [-0.1, -0.05) is 28.6 Å². The first kappa shape index (κ1) is 9.93. The van der Waals surface area contributed by atoms with E-state index >= 15 is 0 Å². The average Bonchev–Trinajstić information content (AvgIpc) is 1.96. The molecule has 0 saturated heterocycles. The van der Waals surface area contributed by atoms with E-state index < -0.39 is 0 Å². The summed E-state index contributed by atoms with van der Waals surface area (Å²) in [5.41, 5.74) is 0.914. The van der Waals surface area contributed by atoms with Gasteiger partial charge >= 0.3 is 0 Å². The van der Waals surface area contributed by atoms with Gasteiger partial charge in [-0.05, 0) is 38.1 Å². The van der Waals surface area contributed by atoms with E-state index in [9.17, 15) is 4.39 Å². The van der Waals surface area contributed by atoms with Crippen molar-refractivity contribution in [1.82, 2.24) is 0 Å². The number of rotatable bonds is 2. The van der Waals surface area contributed by atoms with Crippen molar-refractivity contribution in [2.75, 3.05) is 0 Å². The summed E-state index contributed by atoms with van der Waals surface area (Å²) >= 11 is 6.31. The lowest BCUT2D eigenvalue weighted by atomic mass is 10.1. The molecule has 0 spiro atoms. The van der Waals surface area contributed by atoms with Crippen LogP contribution in [0.5, 0.6) is 0 Å². The SMILES string of the molecule is C=C(Br)Cc1ccc(Br)c(F)c1. The van der Waals surface area contributed by atoms with Crippen molar-refractivity contribution in [3.63, 3.8) is 0 Å². The van der Waals surface area contributed by atoms with E-state index in [4.69, 9.17) is 0 Å². The Hall–Kier alpha value is -0.150. The summed E-state index contributed by atoms with van der Waals surface area (Å²) in [5.74, 6) is -0.235. The van der Waals surface area contributed by atoms with Crippen molar-refractivity contribution in [2.24, 2.45) is 0 Å². The van der Waals surface area contributed by atoms with Crippen molar-refractivity contribution >= 4 is 31.9 Å². The number of hydrogen-bond acceptors (Lipinski definition) is 0. The lowest BCUT2D eigenvalue weighted by Crippen LogP contribution is -1.86. The van der Waals surface area contributed by atoms with Crippen molar-refractivity contribution in [3.05, 3.63) is 45.1 Å². The summed E-state index contributed by atoms with van der Waals surface area (Å²) in [5, 5.41) is 0. The highest BCUT2D eigenvalue weighted by Gasteiger charge is 2.00. The predicted octanol–water partition coefficient (Wildman–Crippen LogP) is 4.04. The van der Waals surface area contributed by atoms with Crippen LogP contribution in [0.3, 0.4) is 0 Å². The molecule has 0 aliphatic rings. The van der Waals surface area contributed by atoms with Crippen molar-refractivity contribution in [3.8, 4) is 0 Å². The second-order valence-electron chi connectivity index (χ2n) is 2.44. The molecule has 0 bridgehead atoms. The zero-order chi connectivity index (χ0) is 9.14. The monoisotopic (exact) mass is 292 g/mol. The Morgan fingerprint density at radius 1 is 1.50 bits per heavy atom. The lowest BCUT2D eigenvalue weighted by Gasteiger charge is -2.00. The largest absolute Gasteiger partial charge is 0.206 e. The molecule has 12 heavy (non-hydrogen) atoms. The third-order valence-corrected chi connectivity index (χ3v) is 2.30. The van der Waals surface area contributed by atoms with Gasteiger partial charge in [-0.3, -0.25) is 0 Å². The minimum Gasteiger partial charge on any atom is -0.206 e. The van der Waals surface area contributed by atoms with Crippen LogP contribution in [0.25, 0.3) is 0 Å². The third-order valence-electron chi connectivity index (χ3n) is 1.38. The van der Waals surface area contributed by atoms with E-state index in [0.717, 1.165) is 10.0 Å². The van der Waals surface area contributed by atoms with Crippen molar-refractivity contribution in [2.45, 2.75) is 6.42 Å². The highest BCUT2D eigenvalue weighted by Crippen LogP contribution is 2.19. The molecule has 0 aliphatic heterocycles. The molecular weight excluding hydrogens is 287 g/mol. The molecule has 0 radical (unpaired) electrons. The molecule has 64 valence electrons. The van der Waals surface area contributed by atoms with Gasteiger partial charge in [0.05, 0.1) is 4.47 Å². The Balaban J connectivity index is 2.89. The first-order valence-electron chi connectivity index (χ1n) is 3.37. The standard InChI is InChI=1S/C9H7Br2F/c1-6(10)4-7-2-3-8(11)9(12)5-7/h2-3,5H,1,4H2. The molecule has 3 heteroatoms. The van der Waals surface area contributed by atoms with Gasteiger partial charge in [-0.25, -0.2) is 4.39 Å². The molecular formula is C9H7Br2F. The van der Waals surface area contributed by atoms with Crippen molar-refractivity contribution in [1.29, 1.82) is 0 Å². The molecule has 0 unspecified atom stereocenters. The maximum Gasteiger partial charge on any atom is 0.137 e. The average molecular weight is 294 g/mol. The van der Waals surface area contributed by atoms with Gasteiger partial charge in [0.25, 0.3) is 0 Å². The van der Waals surface area contributed by atoms with Crippen LogP contribution in [0.2, 0.25) is 0 Å². The Kier molecular flexibility index (Phi) is 3.47. The molecule has 0 heterocycles. The summed E-state index contributed by atoms with van der Waals surface area (Å²) in [7, 11) is 0. The lowest BCUT2D eigenvalue weighted by molar-refractivity contribution is 0.619. The molecule has 0 N–H and O–H groups in total. The Labute approximate surface area is 87.7 Å². The minimum absolute atomic E-state index is 0.235. The maximum atomic E-state index is 12.9. The molecule has 0 nitrogen and oxygen atoms in total. The minimum atomic E-state index is -0.235. The highest BCUT2D eigenvalue weighted by atomic mass is 79.9. The number of allylic oxidation sites excluding steroid dienone is 1. The number of halogens is 3. The first-order chi connectivity index (χ1) is 5.59. The summed E-state index contributed by atoms with van der Waals surface area (Å²) in [6.45, 7) is 3.69. The van der Waals surface area contributed by atoms with E-state index in [0.29, 0.717) is 10.9 Å². The molecule has 1 rings (SSSR count). The van der Waals surface area contributed by atoms with Crippen LogP contribution in [-0.4, -0.2) is 0 Å². The van der Waals surface area contributed by atoms with Gasteiger partial charge in [0.1, 0.15) is 5.82 Å². The van der Waals surface area contributed by atoms with Gasteiger partial charge in [-0.15, -0.1) is 0 Å². The van der Waals surface area contributed by atoms with Crippen LogP contribution in [0.1, 0.15) is 5.56 Å². The summed E-state index contributed by atoms with van der Waals surface area (Å²) in [4.78, 5) is 0. The van der Waals surface area contributed by atoms with Crippen LogP contribution >= 0.6 is 31.9 Å². The van der Waals surface area contributed by atoms with E-state index in [-0.39, 0.29) is 5.82 Å². The molecule has 1 aromatic rings. The van der Waals surface area contributed by atoms with E-state index in [1.54, 1.807) is 6.07 Å². The summed E-state index contributed by atoms with van der Waals surface area (Å²) in [6, 6.07) is 5.05. The van der Waals surface area contributed by atoms with Gasteiger partial charge in [0, 0.05) is 6.42 Å². The summed E-state index contributed by atoms with van der Waals surface area (Å²) < 4.78 is 14.3. The van der Waals surface area contributed by atoms with Crippen LogP contribution < -0.4 is 0 Å². The quantitative estimate of drug-likeness (QED) is 0.772. The smallest absolute Gasteiger partial charge is 0.137 e. The van der Waals surface area contributed by atoms with E-state index in [1.165, 1.54) is 6.07 Å². The second kappa shape index (κ2) is 4.19. The normalized spacial score (nSPS) is 9.92. The van der Waals surface area contributed by atoms with Gasteiger partial charge in [0.15, 0.2) is 0 Å². The second-order valence-corrected chi connectivity index (χ2v) is 4.42. The van der Waals surface area contributed by atoms with E-state index in [2.05, 4.69) is 38.4 Å². The number of hydrogen-bond donors (Lipinski definition) is 0. The zero-order valence-electron chi connectivity index (χ0n) is 6.28. The van der Waals surface area contributed by atoms with Crippen LogP contribution in [0, 0.1) is 5.82 Å². The van der Waals surface area contributed by atoms with Gasteiger partial charge in [-0.2, -0.15) is 0 Å². The fourth-order valence-electron chi connectivity index (χ4n) is 0.871. The third kappa shape index (κ3) is 2.72. The Morgan fingerprint density at radius 3 is 2.67 bits per heavy atom. The Morgan fingerprint density at radius 2 is 2.17 bits per heavy atom. The molecule has 0 fully saturated rings. The van der Waals surface area contributed by atoms with E-state index in [1.807, 2.05) is 6.07 Å². The van der Waals surface area contributed by atoms with Crippen LogP contribution in [0.4, 0.5) is 4.39 Å². The molecule has 0 atom stereocenters. The zero-order valence-corrected chi connectivity index (χ0v) is 9.45. The summed E-state index contributed by atoms with van der Waals surface area (Å²) in [6.07, 6.45) is 0.657. The van der Waals surface area contributed by atoms with Crippen LogP contribution in [-0.2, 0) is 6.42 Å². The molecule has 0 aliphatic carbocycles. The van der Waals surface area contributed by atoms with Crippen LogP contribution in [0.15, 0.2) is 33.7 Å². The van der Waals surface area contributed by atoms with Gasteiger partial charge < -0.3 is 0 Å². The topological polar surface area (TPSA) is 0 Å². The van der Waals surface area contributed by atoms with Gasteiger partial charge in [0.2, 0.25) is 0 Å². The molecule has 0 amide bonds. The molecule has 0 saturated carbocycles. The molecule has 0 aromatic heterocycles. The fourth-order valence-corrected chi connectivity index (χ4v) is 1.44. The molecule has 1 aromatic carbocycles. The Bertz CT molecular complexity index is 307. The maximum absolute atomic E-state index is 12.9. The first-order valence-corrected chi connectivity index (χ1v) is 4.95.